The molecule has 3 aliphatic heterocycles. The number of rotatable bonds is 12. The van der Waals surface area contributed by atoms with Gasteiger partial charge in [-0.05, 0) is 60.0 Å². The SMILES string of the molecule is COc1ccc(C(C)(C)C)cc1CN[C@H]1C2CCN(CC2)[C@H]1C(c1ccccc1)c1ccccc1.O.O=C(O)CC(O)(CC(=O)O)C(=O)O. The summed E-state index contributed by atoms with van der Waals surface area (Å²) in [6, 6.07) is 29.8. The molecule has 0 unspecified atom stereocenters. The lowest BCUT2D eigenvalue weighted by atomic mass is 9.70. The van der Waals surface area contributed by atoms with E-state index in [9.17, 15) is 14.4 Å². The molecular weight excluding hydrogens is 628 g/mol. The predicted molar refractivity (Wildman–Crippen MR) is 186 cm³/mol. The van der Waals surface area contributed by atoms with E-state index in [0.717, 1.165) is 12.3 Å². The number of nitrogens with zero attached hydrogens (tertiary/aromatic N) is 1. The van der Waals surface area contributed by atoms with Crippen molar-refractivity contribution in [1.29, 1.82) is 0 Å². The van der Waals surface area contributed by atoms with Gasteiger partial charge in [-0.15, -0.1) is 0 Å². The summed E-state index contributed by atoms with van der Waals surface area (Å²) in [5.41, 5.74) is 2.81. The van der Waals surface area contributed by atoms with Crippen LogP contribution >= 0.6 is 0 Å². The van der Waals surface area contributed by atoms with Gasteiger partial charge >= 0.3 is 17.9 Å². The molecule has 0 radical (unpaired) electrons. The minimum atomic E-state index is -2.74. The van der Waals surface area contributed by atoms with Crippen molar-refractivity contribution in [3.05, 3.63) is 101 Å². The van der Waals surface area contributed by atoms with Crippen molar-refractivity contribution in [2.75, 3.05) is 20.2 Å². The van der Waals surface area contributed by atoms with Crippen molar-refractivity contribution >= 4 is 17.9 Å². The van der Waals surface area contributed by atoms with Crippen LogP contribution in [0.3, 0.4) is 0 Å². The summed E-state index contributed by atoms with van der Waals surface area (Å²) in [6.45, 7) is 10.1. The maximum Gasteiger partial charge on any atom is 0.336 e. The Morgan fingerprint density at radius 2 is 1.37 bits per heavy atom. The Morgan fingerprint density at radius 3 is 1.80 bits per heavy atom. The molecule has 0 amide bonds. The van der Waals surface area contributed by atoms with Crippen LogP contribution in [0.2, 0.25) is 0 Å². The van der Waals surface area contributed by atoms with Gasteiger partial charge in [0.05, 0.1) is 20.0 Å². The zero-order valence-electron chi connectivity index (χ0n) is 28.6. The molecule has 11 heteroatoms. The molecule has 3 fully saturated rings. The van der Waals surface area contributed by atoms with Gasteiger partial charge in [-0.3, -0.25) is 14.5 Å². The van der Waals surface area contributed by atoms with Gasteiger partial charge < -0.3 is 36.0 Å². The van der Waals surface area contributed by atoms with E-state index in [1.54, 1.807) is 7.11 Å². The van der Waals surface area contributed by atoms with Crippen molar-refractivity contribution in [1.82, 2.24) is 10.2 Å². The van der Waals surface area contributed by atoms with Gasteiger partial charge in [0.1, 0.15) is 5.75 Å². The quantitative estimate of drug-likeness (QED) is 0.185. The molecule has 3 saturated heterocycles. The molecule has 3 heterocycles. The normalized spacial score (nSPS) is 20.0. The number of piperidine rings is 3. The monoisotopic (exact) mass is 678 g/mol. The number of fused-ring (bicyclic) bond motifs is 3. The average Bonchev–Trinajstić information content (AvgIpc) is 3.04. The highest BCUT2D eigenvalue weighted by atomic mass is 16.5. The number of hydrogen-bond acceptors (Lipinski definition) is 7. The lowest BCUT2D eigenvalue weighted by Crippen LogP contribution is -2.64. The lowest BCUT2D eigenvalue weighted by molar-refractivity contribution is -0.170. The molecule has 2 atom stereocenters. The standard InChI is InChI=1S/C32H40N2O.C6H8O7.H2O/c1-32(2,3)27-15-16-28(35-4)26(21-27)22-33-30-25-17-19-34(20-18-25)31(30)29(23-11-7-5-8-12-23)24-13-9-6-10-14-24;7-3(8)1-6(13,5(11)12)2-4(9)10;/h5-16,21,25,29-31,33H,17-20,22H2,1-4H3;13H,1-2H2,(H,7,8)(H,9,10)(H,11,12);1H2/t30-,31-;;/m0../s1. The van der Waals surface area contributed by atoms with Gasteiger partial charge in [0.15, 0.2) is 5.60 Å². The zero-order chi connectivity index (χ0) is 35.1. The predicted octanol–water partition coefficient (Wildman–Crippen LogP) is 4.30. The summed E-state index contributed by atoms with van der Waals surface area (Å²) in [4.78, 5) is 33.2. The molecule has 3 aromatic rings. The number of benzene rings is 3. The number of ether oxygens (including phenoxy) is 1. The Kier molecular flexibility index (Phi) is 13.5. The minimum Gasteiger partial charge on any atom is -0.496 e. The second-order valence-electron chi connectivity index (χ2n) is 13.8. The van der Waals surface area contributed by atoms with Crippen LogP contribution in [0.15, 0.2) is 78.9 Å². The van der Waals surface area contributed by atoms with Gasteiger partial charge in [0.25, 0.3) is 0 Å². The third kappa shape index (κ3) is 9.88. The van der Waals surface area contributed by atoms with Crippen LogP contribution in [-0.4, -0.2) is 86.6 Å². The molecular formula is C38H50N2O9. The topological polar surface area (TPSA) is 188 Å². The van der Waals surface area contributed by atoms with E-state index in [1.807, 2.05) is 0 Å². The first-order valence-electron chi connectivity index (χ1n) is 16.4. The van der Waals surface area contributed by atoms with E-state index in [-0.39, 0.29) is 10.9 Å². The number of aliphatic hydroxyl groups is 1. The smallest absolute Gasteiger partial charge is 0.336 e. The number of methoxy groups -OCH3 is 1. The van der Waals surface area contributed by atoms with E-state index < -0.39 is 36.4 Å². The third-order valence-electron chi connectivity index (χ3n) is 9.49. The Balaban J connectivity index is 0.000000398. The molecule has 0 spiro atoms. The van der Waals surface area contributed by atoms with Crippen LogP contribution in [0.5, 0.6) is 5.75 Å². The highest BCUT2D eigenvalue weighted by Gasteiger charge is 2.46. The summed E-state index contributed by atoms with van der Waals surface area (Å²) in [7, 11) is 1.79. The first-order chi connectivity index (χ1) is 22.7. The van der Waals surface area contributed by atoms with Crippen LogP contribution < -0.4 is 10.1 Å². The Labute approximate surface area is 287 Å². The Hall–Kier alpha value is -4.29. The first kappa shape index (κ1) is 39.2. The summed E-state index contributed by atoms with van der Waals surface area (Å²) in [5, 5.41) is 37.9. The summed E-state index contributed by atoms with van der Waals surface area (Å²) < 4.78 is 5.78. The van der Waals surface area contributed by atoms with E-state index in [4.69, 9.17) is 25.2 Å². The van der Waals surface area contributed by atoms with Crippen LogP contribution in [0.1, 0.15) is 74.6 Å². The number of carboxylic acids is 3. The molecule has 3 aromatic carbocycles. The molecule has 2 bridgehead atoms. The van der Waals surface area contributed by atoms with Gasteiger partial charge in [0, 0.05) is 30.1 Å². The first-order valence-corrected chi connectivity index (χ1v) is 16.4. The molecule has 3 aliphatic rings. The van der Waals surface area contributed by atoms with Crippen molar-refractivity contribution in [3.63, 3.8) is 0 Å². The van der Waals surface area contributed by atoms with Gasteiger partial charge in [-0.2, -0.15) is 0 Å². The highest BCUT2D eigenvalue weighted by molar-refractivity contribution is 5.88. The highest BCUT2D eigenvalue weighted by Crippen LogP contribution is 2.42. The van der Waals surface area contributed by atoms with Crippen molar-refractivity contribution in [2.24, 2.45) is 5.92 Å². The van der Waals surface area contributed by atoms with Crippen LogP contribution in [0.4, 0.5) is 0 Å². The van der Waals surface area contributed by atoms with Gasteiger partial charge in [-0.1, -0.05) is 93.6 Å². The number of hydrogen-bond donors (Lipinski definition) is 5. The molecule has 6 rings (SSSR count). The number of carbonyl (C=O) groups is 3. The summed E-state index contributed by atoms with van der Waals surface area (Å²) in [5.74, 6) is -2.99. The second-order valence-corrected chi connectivity index (χ2v) is 13.8. The zero-order valence-corrected chi connectivity index (χ0v) is 28.6. The maximum absolute atomic E-state index is 10.3. The number of nitrogens with one attached hydrogen (secondary N) is 1. The van der Waals surface area contributed by atoms with E-state index in [1.165, 1.54) is 48.2 Å². The summed E-state index contributed by atoms with van der Waals surface area (Å²) >= 11 is 0. The minimum absolute atomic E-state index is 0. The Bertz CT molecular complexity index is 1480. The summed E-state index contributed by atoms with van der Waals surface area (Å²) in [6.07, 6.45) is 0.274. The van der Waals surface area contributed by atoms with Crippen LogP contribution in [-0.2, 0) is 26.3 Å². The molecule has 7 N–H and O–H groups in total. The fraction of sp³-hybridized carbons (Fsp3) is 0.447. The van der Waals surface area contributed by atoms with E-state index in [0.29, 0.717) is 23.9 Å². The number of aliphatic carboxylic acids is 3. The third-order valence-corrected chi connectivity index (χ3v) is 9.49. The van der Waals surface area contributed by atoms with Crippen molar-refractivity contribution in [2.45, 2.75) is 82.0 Å². The fourth-order valence-corrected chi connectivity index (χ4v) is 7.02. The maximum atomic E-state index is 10.3. The Morgan fingerprint density at radius 1 is 0.857 bits per heavy atom. The second kappa shape index (κ2) is 16.9. The molecule has 11 nitrogen and oxygen atoms in total. The average molecular weight is 679 g/mol. The van der Waals surface area contributed by atoms with Crippen LogP contribution in [0.25, 0.3) is 0 Å². The molecule has 0 aromatic heterocycles. The molecule has 266 valence electrons. The number of carboxylic acid groups (broad SMARTS) is 3. The molecule has 49 heavy (non-hydrogen) atoms. The van der Waals surface area contributed by atoms with Gasteiger partial charge in [-0.25, -0.2) is 4.79 Å². The lowest BCUT2D eigenvalue weighted by Gasteiger charge is -2.54. The molecule has 0 saturated carbocycles. The van der Waals surface area contributed by atoms with E-state index in [2.05, 4.69) is 110 Å². The largest absolute Gasteiger partial charge is 0.496 e. The van der Waals surface area contributed by atoms with Crippen molar-refractivity contribution in [3.8, 4) is 5.75 Å². The molecule has 0 aliphatic carbocycles. The van der Waals surface area contributed by atoms with E-state index >= 15 is 0 Å². The van der Waals surface area contributed by atoms with Gasteiger partial charge in [0.2, 0.25) is 0 Å². The van der Waals surface area contributed by atoms with Crippen molar-refractivity contribution < 1.29 is 45.0 Å². The fourth-order valence-electron chi connectivity index (χ4n) is 7.02. The van der Waals surface area contributed by atoms with Crippen LogP contribution in [0, 0.1) is 5.92 Å².